The monoisotopic (exact) mass is 310 g/mol. The van der Waals surface area contributed by atoms with E-state index in [1.165, 1.54) is 11.6 Å². The summed E-state index contributed by atoms with van der Waals surface area (Å²) in [7, 11) is -2.14. The Labute approximate surface area is 123 Å². The lowest BCUT2D eigenvalue weighted by molar-refractivity contribution is 0.240. The summed E-state index contributed by atoms with van der Waals surface area (Å²) in [6.45, 7) is 3.77. The standard InChI is InChI=1S/C13H18N4O3S/c1-9(2)20-11-7-5-4-6-10(11)8-21(18,19)13-16-15-12(14)17(13)3/h4-7,9H,8H2,1-3H3,(H2,14,15). The van der Waals surface area contributed by atoms with Crippen LogP contribution in [0.5, 0.6) is 5.75 Å². The van der Waals surface area contributed by atoms with Crippen molar-refractivity contribution < 1.29 is 13.2 Å². The van der Waals surface area contributed by atoms with Crippen molar-refractivity contribution in [3.63, 3.8) is 0 Å². The number of nitrogen functional groups attached to an aromatic ring is 1. The molecule has 0 amide bonds. The Morgan fingerprint density at radius 1 is 1.29 bits per heavy atom. The van der Waals surface area contributed by atoms with Gasteiger partial charge in [-0.15, -0.1) is 10.2 Å². The van der Waals surface area contributed by atoms with Gasteiger partial charge in [0.15, 0.2) is 0 Å². The number of hydrogen-bond acceptors (Lipinski definition) is 6. The Balaban J connectivity index is 2.35. The first-order valence-electron chi connectivity index (χ1n) is 6.43. The van der Waals surface area contributed by atoms with E-state index in [-0.39, 0.29) is 23.0 Å². The van der Waals surface area contributed by atoms with Crippen molar-refractivity contribution in [2.75, 3.05) is 5.73 Å². The van der Waals surface area contributed by atoms with Gasteiger partial charge < -0.3 is 10.5 Å². The van der Waals surface area contributed by atoms with Gasteiger partial charge in [0, 0.05) is 12.6 Å². The second kappa shape index (κ2) is 5.72. The molecule has 0 bridgehead atoms. The van der Waals surface area contributed by atoms with E-state index in [1.54, 1.807) is 24.3 Å². The van der Waals surface area contributed by atoms with E-state index in [0.717, 1.165) is 0 Å². The Hall–Kier alpha value is -2.09. The number of benzene rings is 1. The topological polar surface area (TPSA) is 100 Å². The van der Waals surface area contributed by atoms with Gasteiger partial charge in [-0.05, 0) is 19.9 Å². The summed E-state index contributed by atoms with van der Waals surface area (Å²) in [5, 5.41) is 7.05. The van der Waals surface area contributed by atoms with Crippen LogP contribution < -0.4 is 10.5 Å². The lowest BCUT2D eigenvalue weighted by Crippen LogP contribution is -2.14. The fourth-order valence-corrected chi connectivity index (χ4v) is 3.31. The highest BCUT2D eigenvalue weighted by molar-refractivity contribution is 7.90. The Morgan fingerprint density at radius 2 is 1.95 bits per heavy atom. The molecule has 0 fully saturated rings. The number of nitrogens with zero attached hydrogens (tertiary/aromatic N) is 3. The van der Waals surface area contributed by atoms with Crippen LogP contribution in [-0.4, -0.2) is 29.3 Å². The summed E-state index contributed by atoms with van der Waals surface area (Å²) >= 11 is 0. The van der Waals surface area contributed by atoms with Crippen LogP contribution in [-0.2, 0) is 22.6 Å². The zero-order valence-corrected chi connectivity index (χ0v) is 13.0. The first kappa shape index (κ1) is 15.3. The predicted molar refractivity (Wildman–Crippen MR) is 78.5 cm³/mol. The summed E-state index contributed by atoms with van der Waals surface area (Å²) in [6, 6.07) is 7.03. The van der Waals surface area contributed by atoms with Crippen LogP contribution in [0.4, 0.5) is 5.95 Å². The van der Waals surface area contributed by atoms with Crippen molar-refractivity contribution in [1.29, 1.82) is 0 Å². The average Bonchev–Trinajstić information content (AvgIpc) is 2.72. The van der Waals surface area contributed by atoms with Crippen molar-refractivity contribution in [1.82, 2.24) is 14.8 Å². The van der Waals surface area contributed by atoms with Crippen LogP contribution in [0.1, 0.15) is 19.4 Å². The molecule has 8 heteroatoms. The zero-order chi connectivity index (χ0) is 15.6. The first-order valence-corrected chi connectivity index (χ1v) is 8.08. The zero-order valence-electron chi connectivity index (χ0n) is 12.1. The summed E-state index contributed by atoms with van der Waals surface area (Å²) in [4.78, 5) is 0. The van der Waals surface area contributed by atoms with Gasteiger partial charge in [-0.3, -0.25) is 4.57 Å². The van der Waals surface area contributed by atoms with Crippen molar-refractivity contribution in [2.24, 2.45) is 7.05 Å². The molecule has 1 heterocycles. The highest BCUT2D eigenvalue weighted by atomic mass is 32.2. The molecule has 2 N–H and O–H groups in total. The number of sulfone groups is 1. The lowest BCUT2D eigenvalue weighted by Gasteiger charge is -2.14. The molecule has 2 rings (SSSR count). The summed E-state index contributed by atoms with van der Waals surface area (Å²) in [5.74, 6) is 0.383. The molecule has 0 aliphatic heterocycles. The fraction of sp³-hybridized carbons (Fsp3) is 0.385. The molecule has 0 spiro atoms. The molecule has 0 saturated carbocycles. The van der Waals surface area contributed by atoms with E-state index in [1.807, 2.05) is 13.8 Å². The lowest BCUT2D eigenvalue weighted by atomic mass is 10.2. The molecule has 21 heavy (non-hydrogen) atoms. The number of nitrogens with two attached hydrogens (primary N) is 1. The summed E-state index contributed by atoms with van der Waals surface area (Å²) in [6.07, 6.45) is -0.0423. The predicted octanol–water partition coefficient (Wildman–Crippen LogP) is 1.16. The van der Waals surface area contributed by atoms with Gasteiger partial charge in [0.1, 0.15) is 5.75 Å². The maximum Gasteiger partial charge on any atom is 0.251 e. The van der Waals surface area contributed by atoms with Crippen LogP contribution in [0.2, 0.25) is 0 Å². The van der Waals surface area contributed by atoms with Crippen LogP contribution in [0.15, 0.2) is 29.4 Å². The largest absolute Gasteiger partial charge is 0.491 e. The molecular formula is C13H18N4O3S. The summed E-state index contributed by atoms with van der Waals surface area (Å²) in [5.41, 5.74) is 6.10. The minimum Gasteiger partial charge on any atom is -0.491 e. The molecule has 0 radical (unpaired) electrons. The second-order valence-corrected chi connectivity index (χ2v) is 6.82. The maximum absolute atomic E-state index is 12.4. The molecule has 0 aliphatic carbocycles. The van der Waals surface area contributed by atoms with Gasteiger partial charge in [-0.2, -0.15) is 0 Å². The number of anilines is 1. The van der Waals surface area contributed by atoms with Crippen molar-refractivity contribution in [2.45, 2.75) is 30.9 Å². The first-order chi connectivity index (χ1) is 9.81. The van der Waals surface area contributed by atoms with Crippen molar-refractivity contribution in [3.05, 3.63) is 29.8 Å². The van der Waals surface area contributed by atoms with E-state index in [2.05, 4.69) is 10.2 Å². The summed E-state index contributed by atoms with van der Waals surface area (Å²) < 4.78 is 31.8. The van der Waals surface area contributed by atoms with Gasteiger partial charge in [-0.25, -0.2) is 8.42 Å². The van der Waals surface area contributed by atoms with E-state index < -0.39 is 9.84 Å². The fourth-order valence-electron chi connectivity index (χ4n) is 1.86. The average molecular weight is 310 g/mol. The molecule has 0 atom stereocenters. The normalized spacial score (nSPS) is 11.8. The van der Waals surface area contributed by atoms with Crippen molar-refractivity contribution >= 4 is 15.8 Å². The number of hydrogen-bond donors (Lipinski definition) is 1. The highest BCUT2D eigenvalue weighted by Gasteiger charge is 2.24. The van der Waals surface area contributed by atoms with E-state index in [4.69, 9.17) is 10.5 Å². The molecule has 0 aliphatic rings. The number of rotatable bonds is 5. The van der Waals surface area contributed by atoms with Gasteiger partial charge in [0.05, 0.1) is 11.9 Å². The van der Waals surface area contributed by atoms with Crippen LogP contribution in [0, 0.1) is 0 Å². The van der Waals surface area contributed by atoms with Crippen LogP contribution in [0.25, 0.3) is 0 Å². The molecule has 0 unspecified atom stereocenters. The van der Waals surface area contributed by atoms with Gasteiger partial charge in [0.25, 0.3) is 5.16 Å². The number of ether oxygens (including phenoxy) is 1. The molecule has 7 nitrogen and oxygen atoms in total. The molecular weight excluding hydrogens is 292 g/mol. The highest BCUT2D eigenvalue weighted by Crippen LogP contribution is 2.24. The SMILES string of the molecule is CC(C)Oc1ccccc1CS(=O)(=O)c1nnc(N)n1C. The van der Waals surface area contributed by atoms with E-state index in [9.17, 15) is 8.42 Å². The van der Waals surface area contributed by atoms with Crippen LogP contribution >= 0.6 is 0 Å². The van der Waals surface area contributed by atoms with E-state index >= 15 is 0 Å². The smallest absolute Gasteiger partial charge is 0.251 e. The van der Waals surface area contributed by atoms with Gasteiger partial charge >= 0.3 is 0 Å². The number of aromatic nitrogens is 3. The van der Waals surface area contributed by atoms with Crippen molar-refractivity contribution in [3.8, 4) is 5.75 Å². The Kier molecular flexibility index (Phi) is 4.17. The molecule has 114 valence electrons. The Bertz CT molecular complexity index is 738. The molecule has 2 aromatic rings. The number of para-hydroxylation sites is 1. The molecule has 0 saturated heterocycles. The quantitative estimate of drug-likeness (QED) is 0.889. The minimum absolute atomic E-state index is 0.0423. The third-order valence-corrected chi connectivity index (χ3v) is 4.43. The van der Waals surface area contributed by atoms with Gasteiger partial charge in [0.2, 0.25) is 15.8 Å². The Morgan fingerprint density at radius 3 is 2.52 bits per heavy atom. The molecule has 1 aromatic heterocycles. The van der Waals surface area contributed by atoms with E-state index in [0.29, 0.717) is 11.3 Å². The third-order valence-electron chi connectivity index (χ3n) is 2.83. The third kappa shape index (κ3) is 3.33. The van der Waals surface area contributed by atoms with Gasteiger partial charge in [-0.1, -0.05) is 18.2 Å². The second-order valence-electron chi connectivity index (χ2n) is 4.93. The maximum atomic E-state index is 12.4. The minimum atomic E-state index is -3.65. The van der Waals surface area contributed by atoms with Crippen LogP contribution in [0.3, 0.4) is 0 Å². The molecule has 1 aromatic carbocycles.